The topological polar surface area (TPSA) is 73.3 Å². The minimum atomic E-state index is -0.517. The van der Waals surface area contributed by atoms with E-state index in [9.17, 15) is 4.79 Å². The van der Waals surface area contributed by atoms with Crippen LogP contribution in [0.3, 0.4) is 0 Å². The predicted octanol–water partition coefficient (Wildman–Crippen LogP) is 2.78. The summed E-state index contributed by atoms with van der Waals surface area (Å²) >= 11 is 3.40. The minimum absolute atomic E-state index is 0.161. The number of carbonyl (C=O) groups excluding carboxylic acids is 1. The van der Waals surface area contributed by atoms with Crippen molar-refractivity contribution in [3.05, 3.63) is 40.8 Å². The van der Waals surface area contributed by atoms with Crippen LogP contribution in [0.25, 0.3) is 0 Å². The van der Waals surface area contributed by atoms with Gasteiger partial charge in [-0.3, -0.25) is 0 Å². The zero-order valence-corrected chi connectivity index (χ0v) is 12.5. The molecule has 1 N–H and O–H groups in total. The van der Waals surface area contributed by atoms with E-state index in [1.54, 1.807) is 7.11 Å². The van der Waals surface area contributed by atoms with Gasteiger partial charge in [0.25, 0.3) is 0 Å². The van der Waals surface area contributed by atoms with Gasteiger partial charge in [-0.1, -0.05) is 0 Å². The number of rotatable bonds is 4. The zero-order chi connectivity index (χ0) is 14.5. The summed E-state index contributed by atoms with van der Waals surface area (Å²) in [6.45, 7) is 0. The molecule has 2 rings (SSSR count). The number of methoxy groups -OCH3 is 2. The second-order valence-electron chi connectivity index (χ2n) is 3.75. The number of carbonyl (C=O) groups is 1. The Morgan fingerprint density at radius 1 is 1.25 bits per heavy atom. The molecule has 0 saturated heterocycles. The summed E-state index contributed by atoms with van der Waals surface area (Å²) in [6.07, 6.45) is 2.82. The number of esters is 1. The molecule has 6 nitrogen and oxygen atoms in total. The molecule has 0 aliphatic heterocycles. The van der Waals surface area contributed by atoms with Gasteiger partial charge in [-0.2, -0.15) is 0 Å². The van der Waals surface area contributed by atoms with Crippen molar-refractivity contribution < 1.29 is 14.3 Å². The first-order valence-electron chi connectivity index (χ1n) is 5.65. The predicted molar refractivity (Wildman–Crippen MR) is 77.3 cm³/mol. The van der Waals surface area contributed by atoms with Gasteiger partial charge in [-0.05, 0) is 34.1 Å². The molecule has 20 heavy (non-hydrogen) atoms. The van der Waals surface area contributed by atoms with Crippen LogP contribution in [0.4, 0.5) is 11.5 Å². The highest BCUT2D eigenvalue weighted by Gasteiger charge is 2.08. The van der Waals surface area contributed by atoms with E-state index in [0.29, 0.717) is 5.82 Å². The van der Waals surface area contributed by atoms with Crippen molar-refractivity contribution in [3.8, 4) is 5.75 Å². The van der Waals surface area contributed by atoms with Crippen LogP contribution in [0.1, 0.15) is 10.5 Å². The maximum Gasteiger partial charge on any atom is 0.358 e. The van der Waals surface area contributed by atoms with Crippen LogP contribution in [-0.2, 0) is 4.74 Å². The molecule has 104 valence electrons. The molecule has 0 amide bonds. The molecule has 1 heterocycles. The highest BCUT2D eigenvalue weighted by molar-refractivity contribution is 9.10. The standard InChI is InChI=1S/C13H12BrN3O3/c1-19-11-4-3-8(5-9(11)14)17-12-7-15-10(6-16-12)13(18)20-2/h3-7H,1-2H3,(H,16,17). The van der Waals surface area contributed by atoms with Crippen molar-refractivity contribution in [3.63, 3.8) is 0 Å². The third kappa shape index (κ3) is 3.24. The number of nitrogens with one attached hydrogen (secondary N) is 1. The van der Waals surface area contributed by atoms with Crippen LogP contribution in [0, 0.1) is 0 Å². The lowest BCUT2D eigenvalue weighted by Gasteiger charge is -2.08. The Balaban J connectivity index is 2.14. The molecule has 0 aliphatic rings. The Kier molecular flexibility index (Phi) is 4.52. The molecule has 1 aromatic heterocycles. The van der Waals surface area contributed by atoms with Crippen LogP contribution in [0.5, 0.6) is 5.75 Å². The van der Waals surface area contributed by atoms with Gasteiger partial charge in [0.2, 0.25) is 0 Å². The largest absolute Gasteiger partial charge is 0.496 e. The monoisotopic (exact) mass is 337 g/mol. The smallest absolute Gasteiger partial charge is 0.358 e. The van der Waals surface area contributed by atoms with Crippen molar-refractivity contribution in [2.24, 2.45) is 0 Å². The molecule has 0 bridgehead atoms. The van der Waals surface area contributed by atoms with Crippen LogP contribution in [0.15, 0.2) is 35.1 Å². The summed E-state index contributed by atoms with van der Waals surface area (Å²) in [4.78, 5) is 19.3. The Bertz CT molecular complexity index is 617. The summed E-state index contributed by atoms with van der Waals surface area (Å²) in [6, 6.07) is 5.52. The number of halogens is 1. The molecular weight excluding hydrogens is 326 g/mol. The van der Waals surface area contributed by atoms with E-state index in [1.165, 1.54) is 19.5 Å². The fourth-order valence-electron chi connectivity index (χ4n) is 1.49. The Hall–Kier alpha value is -2.15. The third-order valence-corrected chi connectivity index (χ3v) is 3.09. The molecule has 0 unspecified atom stereocenters. The van der Waals surface area contributed by atoms with E-state index in [-0.39, 0.29) is 5.69 Å². The molecule has 7 heteroatoms. The highest BCUT2D eigenvalue weighted by Crippen LogP contribution is 2.28. The molecule has 0 aliphatic carbocycles. The lowest BCUT2D eigenvalue weighted by molar-refractivity contribution is 0.0593. The molecule has 0 saturated carbocycles. The molecule has 2 aromatic rings. The maximum atomic E-state index is 11.2. The Morgan fingerprint density at radius 2 is 2.05 bits per heavy atom. The van der Waals surface area contributed by atoms with Crippen molar-refractivity contribution in [1.82, 2.24) is 9.97 Å². The second kappa shape index (κ2) is 6.33. The van der Waals surface area contributed by atoms with Crippen molar-refractivity contribution >= 4 is 33.4 Å². The minimum Gasteiger partial charge on any atom is -0.496 e. The first-order chi connectivity index (χ1) is 9.63. The second-order valence-corrected chi connectivity index (χ2v) is 4.61. The summed E-state index contributed by atoms with van der Waals surface area (Å²) in [5, 5.41) is 3.07. The van der Waals surface area contributed by atoms with Gasteiger partial charge in [0.15, 0.2) is 5.69 Å². The number of benzene rings is 1. The van der Waals surface area contributed by atoms with Crippen LogP contribution in [0.2, 0.25) is 0 Å². The molecular formula is C13H12BrN3O3. The SMILES string of the molecule is COC(=O)c1cnc(Nc2ccc(OC)c(Br)c2)cn1. The van der Waals surface area contributed by atoms with Crippen LogP contribution >= 0.6 is 15.9 Å². The fourth-order valence-corrected chi connectivity index (χ4v) is 2.04. The Labute approximate surface area is 124 Å². The number of anilines is 2. The first-order valence-corrected chi connectivity index (χ1v) is 6.44. The van der Waals surface area contributed by atoms with Gasteiger partial charge in [0.05, 0.1) is 31.1 Å². The molecule has 0 spiro atoms. The average molecular weight is 338 g/mol. The first kappa shape index (κ1) is 14.3. The van der Waals surface area contributed by atoms with Gasteiger partial charge in [-0.15, -0.1) is 0 Å². The normalized spacial score (nSPS) is 9.95. The van der Waals surface area contributed by atoms with Crippen LogP contribution < -0.4 is 10.1 Å². The molecule has 0 fully saturated rings. The van der Waals surface area contributed by atoms with Crippen molar-refractivity contribution in [2.45, 2.75) is 0 Å². The van der Waals surface area contributed by atoms with Gasteiger partial charge in [-0.25, -0.2) is 14.8 Å². The third-order valence-electron chi connectivity index (χ3n) is 2.47. The van der Waals surface area contributed by atoms with E-state index in [2.05, 4.69) is 36.0 Å². The number of aromatic nitrogens is 2. The lowest BCUT2D eigenvalue weighted by Crippen LogP contribution is -2.05. The summed E-state index contributed by atoms with van der Waals surface area (Å²) < 4.78 is 10.5. The fraction of sp³-hybridized carbons (Fsp3) is 0.154. The Morgan fingerprint density at radius 3 is 2.60 bits per heavy atom. The van der Waals surface area contributed by atoms with Crippen LogP contribution in [-0.4, -0.2) is 30.2 Å². The molecule has 0 radical (unpaired) electrons. The lowest BCUT2D eigenvalue weighted by atomic mass is 10.3. The number of nitrogens with zero attached hydrogens (tertiary/aromatic N) is 2. The maximum absolute atomic E-state index is 11.2. The number of ether oxygens (including phenoxy) is 2. The van der Waals surface area contributed by atoms with E-state index in [4.69, 9.17) is 4.74 Å². The van der Waals surface area contributed by atoms with E-state index >= 15 is 0 Å². The summed E-state index contributed by atoms with van der Waals surface area (Å²) in [5.41, 5.74) is 0.978. The van der Waals surface area contributed by atoms with E-state index in [1.807, 2.05) is 18.2 Å². The van der Waals surface area contributed by atoms with E-state index in [0.717, 1.165) is 15.9 Å². The summed E-state index contributed by atoms with van der Waals surface area (Å²) in [7, 11) is 2.90. The van der Waals surface area contributed by atoms with E-state index < -0.39 is 5.97 Å². The molecule has 1 aromatic carbocycles. The van der Waals surface area contributed by atoms with Crippen molar-refractivity contribution in [1.29, 1.82) is 0 Å². The van der Waals surface area contributed by atoms with Gasteiger partial charge in [0.1, 0.15) is 11.6 Å². The number of hydrogen-bond acceptors (Lipinski definition) is 6. The quantitative estimate of drug-likeness (QED) is 0.865. The van der Waals surface area contributed by atoms with Crippen molar-refractivity contribution in [2.75, 3.05) is 19.5 Å². The van der Waals surface area contributed by atoms with Gasteiger partial charge >= 0.3 is 5.97 Å². The van der Waals surface area contributed by atoms with Gasteiger partial charge in [0, 0.05) is 5.69 Å². The zero-order valence-electron chi connectivity index (χ0n) is 10.9. The number of hydrogen-bond donors (Lipinski definition) is 1. The average Bonchev–Trinajstić information content (AvgIpc) is 2.47. The molecule has 0 atom stereocenters. The van der Waals surface area contributed by atoms with Gasteiger partial charge < -0.3 is 14.8 Å². The highest BCUT2D eigenvalue weighted by atomic mass is 79.9. The summed E-state index contributed by atoms with van der Waals surface area (Å²) in [5.74, 6) is 0.744.